The molecule has 2 atom stereocenters. The van der Waals surface area contributed by atoms with Gasteiger partial charge < -0.3 is 14.7 Å². The van der Waals surface area contributed by atoms with Gasteiger partial charge in [0.25, 0.3) is 5.91 Å². The van der Waals surface area contributed by atoms with E-state index >= 15 is 0 Å². The van der Waals surface area contributed by atoms with Crippen molar-refractivity contribution in [1.29, 1.82) is 0 Å². The maximum absolute atomic E-state index is 13.0. The molecule has 2 saturated heterocycles. The second kappa shape index (κ2) is 7.52. The normalized spacial score (nSPS) is 26.2. The number of nitrogens with one attached hydrogen (secondary N) is 2. The molecule has 31 heavy (non-hydrogen) atoms. The molecular weight excluding hydrogens is 404 g/mol. The zero-order valence-electron chi connectivity index (χ0n) is 16.7. The van der Waals surface area contributed by atoms with Crippen molar-refractivity contribution in [3.63, 3.8) is 0 Å². The molecule has 3 aliphatic heterocycles. The molecule has 2 unspecified atom stereocenters. The zero-order chi connectivity index (χ0) is 21.6. The maximum Gasteiger partial charge on any atom is 0.255 e. The molecule has 4 heterocycles. The van der Waals surface area contributed by atoms with Crippen LogP contribution in [0.25, 0.3) is 5.69 Å². The highest BCUT2D eigenvalue weighted by Gasteiger charge is 2.41. The van der Waals surface area contributed by atoms with Gasteiger partial charge in [-0.2, -0.15) is 0 Å². The highest BCUT2D eigenvalue weighted by molar-refractivity contribution is 6.05. The summed E-state index contributed by atoms with van der Waals surface area (Å²) in [5, 5.41) is 24.0. The van der Waals surface area contributed by atoms with Crippen LogP contribution in [-0.4, -0.2) is 75.1 Å². The first-order valence-electron chi connectivity index (χ1n) is 10.2. The number of benzene rings is 1. The lowest BCUT2D eigenvalue weighted by Gasteiger charge is -2.34. The number of hydrogen-bond donors (Lipinski definition) is 3. The molecule has 0 bridgehead atoms. The molecule has 5 rings (SSSR count). The van der Waals surface area contributed by atoms with Gasteiger partial charge in [0, 0.05) is 30.6 Å². The van der Waals surface area contributed by atoms with Crippen LogP contribution >= 0.6 is 0 Å². The van der Waals surface area contributed by atoms with E-state index in [1.165, 1.54) is 4.90 Å². The van der Waals surface area contributed by atoms with Gasteiger partial charge in [0.15, 0.2) is 0 Å². The molecule has 0 aliphatic carbocycles. The number of ether oxygens (including phenoxy) is 1. The van der Waals surface area contributed by atoms with Gasteiger partial charge in [0.2, 0.25) is 11.8 Å². The fourth-order valence-electron chi connectivity index (χ4n) is 4.39. The minimum Gasteiger partial charge on any atom is -0.394 e. The topological polar surface area (TPSA) is 139 Å². The zero-order valence-corrected chi connectivity index (χ0v) is 16.7. The van der Waals surface area contributed by atoms with Crippen molar-refractivity contribution in [2.24, 2.45) is 0 Å². The molecule has 1 aromatic heterocycles. The first-order chi connectivity index (χ1) is 15.0. The molecule has 0 spiro atoms. The number of carbonyl (C=O) groups is 3. The van der Waals surface area contributed by atoms with Gasteiger partial charge in [0.05, 0.1) is 31.7 Å². The average molecular weight is 426 g/mol. The summed E-state index contributed by atoms with van der Waals surface area (Å²) >= 11 is 0. The van der Waals surface area contributed by atoms with Crippen LogP contribution in [0.15, 0.2) is 24.4 Å². The van der Waals surface area contributed by atoms with Crippen LogP contribution in [0.3, 0.4) is 0 Å². The number of aromatic nitrogens is 3. The number of amides is 3. The second-order valence-corrected chi connectivity index (χ2v) is 7.97. The molecule has 0 radical (unpaired) electrons. The van der Waals surface area contributed by atoms with Crippen molar-refractivity contribution < 1.29 is 24.2 Å². The van der Waals surface area contributed by atoms with E-state index in [2.05, 4.69) is 20.9 Å². The van der Waals surface area contributed by atoms with Gasteiger partial charge in [0.1, 0.15) is 17.3 Å². The van der Waals surface area contributed by atoms with Crippen LogP contribution in [0, 0.1) is 0 Å². The number of aliphatic hydroxyl groups is 1. The van der Waals surface area contributed by atoms with E-state index in [4.69, 9.17) is 4.74 Å². The molecule has 3 aliphatic rings. The quantitative estimate of drug-likeness (QED) is 0.520. The van der Waals surface area contributed by atoms with Crippen LogP contribution in [0.2, 0.25) is 0 Å². The van der Waals surface area contributed by atoms with Crippen molar-refractivity contribution in [3.8, 4) is 5.69 Å². The number of carbonyl (C=O) groups excluding carboxylic acids is 3. The standard InChI is InChI=1S/C20H22N6O5/c27-10-20(11-31-7-6-21-20)16-9-26(24-23-16)14-3-1-2-12-13(14)8-25(19(12)30)15-4-5-17(28)22-18(15)29/h1-3,9,15,21,27H,4-8,10-11H2,(H,22,28,29). The van der Waals surface area contributed by atoms with E-state index in [1.54, 1.807) is 23.0 Å². The third-order valence-electron chi connectivity index (χ3n) is 6.12. The molecule has 3 amide bonds. The lowest BCUT2D eigenvalue weighted by molar-refractivity contribution is -0.136. The summed E-state index contributed by atoms with van der Waals surface area (Å²) in [6, 6.07) is 4.62. The third kappa shape index (κ3) is 3.21. The number of hydrogen-bond acceptors (Lipinski definition) is 8. The summed E-state index contributed by atoms with van der Waals surface area (Å²) in [4.78, 5) is 38.3. The van der Waals surface area contributed by atoms with Gasteiger partial charge >= 0.3 is 0 Å². The van der Waals surface area contributed by atoms with E-state index in [0.717, 1.165) is 5.56 Å². The Morgan fingerprint density at radius 1 is 1.29 bits per heavy atom. The maximum atomic E-state index is 13.0. The third-order valence-corrected chi connectivity index (χ3v) is 6.12. The van der Waals surface area contributed by atoms with Crippen LogP contribution in [0.4, 0.5) is 0 Å². The SMILES string of the molecule is O=C1CCC(N2Cc3c(cccc3-n3cc(C4(CO)COCCN4)nn3)C2=O)C(=O)N1. The van der Waals surface area contributed by atoms with Crippen LogP contribution in [0.1, 0.15) is 34.5 Å². The fraction of sp³-hybridized carbons (Fsp3) is 0.450. The van der Waals surface area contributed by atoms with Crippen molar-refractivity contribution >= 4 is 17.7 Å². The van der Waals surface area contributed by atoms with Crippen molar-refractivity contribution in [2.75, 3.05) is 26.4 Å². The van der Waals surface area contributed by atoms with E-state index < -0.39 is 17.5 Å². The predicted molar refractivity (Wildman–Crippen MR) is 105 cm³/mol. The van der Waals surface area contributed by atoms with E-state index in [0.29, 0.717) is 36.5 Å². The molecular formula is C20H22N6O5. The number of rotatable bonds is 4. The lowest BCUT2D eigenvalue weighted by Crippen LogP contribution is -2.54. The number of piperidine rings is 1. The predicted octanol–water partition coefficient (Wildman–Crippen LogP) is -1.16. The lowest BCUT2D eigenvalue weighted by atomic mass is 9.97. The molecule has 11 nitrogen and oxygen atoms in total. The smallest absolute Gasteiger partial charge is 0.255 e. The van der Waals surface area contributed by atoms with Gasteiger partial charge in [-0.25, -0.2) is 4.68 Å². The van der Waals surface area contributed by atoms with E-state index in [-0.39, 0.29) is 38.0 Å². The Balaban J connectivity index is 1.46. The summed E-state index contributed by atoms with van der Waals surface area (Å²) < 4.78 is 7.09. The number of imide groups is 1. The van der Waals surface area contributed by atoms with Gasteiger partial charge in [-0.3, -0.25) is 25.0 Å². The fourth-order valence-corrected chi connectivity index (χ4v) is 4.39. The number of morpholine rings is 1. The molecule has 2 aromatic rings. The van der Waals surface area contributed by atoms with E-state index in [9.17, 15) is 19.5 Å². The molecule has 2 fully saturated rings. The Morgan fingerprint density at radius 2 is 2.16 bits per heavy atom. The summed E-state index contributed by atoms with van der Waals surface area (Å²) in [7, 11) is 0. The molecule has 0 saturated carbocycles. The minimum atomic E-state index is -0.830. The Labute approximate surface area is 177 Å². The first kappa shape index (κ1) is 19.8. The Kier molecular flexibility index (Phi) is 4.80. The highest BCUT2D eigenvalue weighted by Crippen LogP contribution is 2.32. The average Bonchev–Trinajstić information content (AvgIpc) is 3.40. The Morgan fingerprint density at radius 3 is 2.90 bits per heavy atom. The highest BCUT2D eigenvalue weighted by atomic mass is 16.5. The van der Waals surface area contributed by atoms with Crippen molar-refractivity contribution in [2.45, 2.75) is 31.0 Å². The van der Waals surface area contributed by atoms with Gasteiger partial charge in [-0.05, 0) is 18.6 Å². The molecule has 1 aromatic carbocycles. The number of aliphatic hydroxyl groups excluding tert-OH is 1. The Hall–Kier alpha value is -3.15. The van der Waals surface area contributed by atoms with E-state index in [1.807, 2.05) is 6.07 Å². The second-order valence-electron chi connectivity index (χ2n) is 7.97. The first-order valence-corrected chi connectivity index (χ1v) is 10.2. The Bertz CT molecular complexity index is 1060. The summed E-state index contributed by atoms with van der Waals surface area (Å²) in [5.74, 6) is -1.02. The summed E-state index contributed by atoms with van der Waals surface area (Å²) in [6.45, 7) is 1.46. The van der Waals surface area contributed by atoms with Crippen molar-refractivity contribution in [3.05, 3.63) is 41.2 Å². The summed E-state index contributed by atoms with van der Waals surface area (Å²) in [6.07, 6.45) is 2.22. The van der Waals surface area contributed by atoms with Gasteiger partial charge in [-0.1, -0.05) is 11.3 Å². The van der Waals surface area contributed by atoms with Crippen LogP contribution < -0.4 is 10.6 Å². The monoisotopic (exact) mass is 426 g/mol. The number of fused-ring (bicyclic) bond motifs is 1. The van der Waals surface area contributed by atoms with Crippen LogP contribution in [-0.2, 0) is 26.4 Å². The molecule has 11 heteroatoms. The summed E-state index contributed by atoms with van der Waals surface area (Å²) in [5.41, 5.74) is 1.61. The molecule has 3 N–H and O–H groups in total. The van der Waals surface area contributed by atoms with Crippen LogP contribution in [0.5, 0.6) is 0 Å². The largest absolute Gasteiger partial charge is 0.394 e. The minimum absolute atomic E-state index is 0.194. The van der Waals surface area contributed by atoms with Gasteiger partial charge in [-0.15, -0.1) is 5.10 Å². The van der Waals surface area contributed by atoms with Crippen molar-refractivity contribution in [1.82, 2.24) is 30.5 Å². The molecule has 162 valence electrons. The number of nitrogens with zero attached hydrogens (tertiary/aromatic N) is 4.